The number of nitrogens with one attached hydrogen (secondary N) is 6. The van der Waals surface area contributed by atoms with E-state index in [9.17, 15) is 14.0 Å². The molecule has 1 aliphatic heterocycles. The smallest absolute Gasteiger partial charge is 0.165 e. The third kappa shape index (κ3) is 10.6. The van der Waals surface area contributed by atoms with Gasteiger partial charge in [-0.3, -0.25) is 19.2 Å². The SMILES string of the molecule is CC(=O)c1c(C)[nH]c(C(c2ccc(F)cc2)c2ccc(C(c3[nH]c(C)c(C(=O)CCC(=O)c4c(C)[nH]c(C(c5ccc(C(c6[nH]c(C)c(C(C)=O)c6C)c6cccc7ccccc67)[nH]5)C5Sc6ccccc6C5C)c4C)c3C)c3cccc4ccccc34)[nH]2)c1C. The predicted octanol–water partition coefficient (Wildman–Crippen LogP) is 18.8. The van der Waals surface area contributed by atoms with E-state index in [-0.39, 0.29) is 64.8 Å². The van der Waals surface area contributed by atoms with Crippen LogP contribution in [0.5, 0.6) is 0 Å². The number of hydrogen-bond donors (Lipinski definition) is 6. The minimum atomic E-state index is -0.402. The lowest BCUT2D eigenvalue weighted by atomic mass is 9.84. The van der Waals surface area contributed by atoms with Gasteiger partial charge in [0.1, 0.15) is 5.82 Å². The van der Waals surface area contributed by atoms with Gasteiger partial charge < -0.3 is 29.9 Å². The highest BCUT2D eigenvalue weighted by Crippen LogP contribution is 2.54. The van der Waals surface area contributed by atoms with Crippen molar-refractivity contribution in [1.82, 2.24) is 29.9 Å². The second-order valence-corrected chi connectivity index (χ2v) is 26.4. The van der Waals surface area contributed by atoms with E-state index in [0.717, 1.165) is 129 Å². The average molecular weight is 1220 g/mol. The van der Waals surface area contributed by atoms with Crippen LogP contribution in [-0.4, -0.2) is 58.3 Å². The molecule has 6 aromatic carbocycles. The maximum atomic E-state index is 15.1. The van der Waals surface area contributed by atoms with Gasteiger partial charge in [-0.15, -0.1) is 11.8 Å². The first-order chi connectivity index (χ1) is 43.8. The molecule has 12 aromatic rings. The van der Waals surface area contributed by atoms with Gasteiger partial charge >= 0.3 is 0 Å². The first-order valence-electron chi connectivity index (χ1n) is 31.5. The Morgan fingerprint density at radius 1 is 0.429 bits per heavy atom. The fourth-order valence-corrected chi connectivity index (χ4v) is 17.2. The zero-order valence-electron chi connectivity index (χ0n) is 53.3. The second kappa shape index (κ2) is 24.0. The minimum absolute atomic E-state index is 0.00602. The number of benzene rings is 6. The topological polar surface area (TPSA) is 163 Å². The van der Waals surface area contributed by atoms with Crippen LogP contribution < -0.4 is 0 Å². The van der Waals surface area contributed by atoms with E-state index >= 15 is 9.59 Å². The zero-order valence-corrected chi connectivity index (χ0v) is 54.1. The summed E-state index contributed by atoms with van der Waals surface area (Å²) in [7, 11) is 0. The lowest BCUT2D eigenvalue weighted by Gasteiger charge is -2.27. The van der Waals surface area contributed by atoms with E-state index in [0.29, 0.717) is 22.3 Å². The number of aromatic amines is 6. The highest BCUT2D eigenvalue weighted by molar-refractivity contribution is 8.00. The number of carbonyl (C=O) groups is 4. The summed E-state index contributed by atoms with van der Waals surface area (Å²) in [6, 6.07) is 53.2. The van der Waals surface area contributed by atoms with Crippen LogP contribution >= 0.6 is 11.8 Å². The van der Waals surface area contributed by atoms with Crippen LogP contribution in [0.15, 0.2) is 163 Å². The fraction of sp³-hybridized carbons (Fsp3) is 0.241. The van der Waals surface area contributed by atoms with Crippen molar-refractivity contribution in [2.75, 3.05) is 0 Å². The molecule has 1 aliphatic rings. The minimum Gasteiger partial charge on any atom is -0.361 e. The summed E-state index contributed by atoms with van der Waals surface area (Å²) >= 11 is 1.88. The monoisotopic (exact) mass is 1220 g/mol. The molecule has 0 radical (unpaired) electrons. The maximum Gasteiger partial charge on any atom is 0.165 e. The number of ketones is 4. The summed E-state index contributed by atoms with van der Waals surface area (Å²) in [4.78, 5) is 80.0. The maximum absolute atomic E-state index is 15.1. The van der Waals surface area contributed by atoms with Crippen molar-refractivity contribution in [2.24, 2.45) is 0 Å². The zero-order chi connectivity index (χ0) is 63.8. The molecule has 12 heteroatoms. The van der Waals surface area contributed by atoms with Gasteiger partial charge in [0, 0.05) is 114 Å². The number of Topliss-reactive ketones (excluding diaryl/α,β-unsaturated/α-hetero) is 4. The van der Waals surface area contributed by atoms with Crippen molar-refractivity contribution in [1.29, 1.82) is 0 Å². The number of carbonyl (C=O) groups excluding carboxylic acids is 4. The molecule has 0 spiro atoms. The van der Waals surface area contributed by atoms with Gasteiger partial charge in [0.15, 0.2) is 23.1 Å². The molecule has 91 heavy (non-hydrogen) atoms. The molecule has 6 aromatic heterocycles. The average Bonchev–Trinajstić information content (AvgIpc) is 1.66. The molecule has 0 saturated carbocycles. The summed E-state index contributed by atoms with van der Waals surface area (Å²) in [6.45, 7) is 21.4. The molecular weight excluding hydrogens is 1150 g/mol. The van der Waals surface area contributed by atoms with Crippen LogP contribution in [0.1, 0.15) is 217 Å². The van der Waals surface area contributed by atoms with Crippen LogP contribution in [0.4, 0.5) is 4.39 Å². The number of aromatic nitrogens is 6. The lowest BCUT2D eigenvalue weighted by molar-refractivity contribution is 0.0916. The third-order valence-corrected chi connectivity index (χ3v) is 21.2. The second-order valence-electron chi connectivity index (χ2n) is 25.2. The molecule has 0 amide bonds. The summed E-state index contributed by atoms with van der Waals surface area (Å²) in [5.74, 6) is -1.69. The van der Waals surface area contributed by atoms with E-state index in [1.165, 1.54) is 22.6 Å². The molecule has 6 N–H and O–H groups in total. The van der Waals surface area contributed by atoms with Gasteiger partial charge in [-0.1, -0.05) is 122 Å². The van der Waals surface area contributed by atoms with Crippen molar-refractivity contribution in [3.8, 4) is 0 Å². The summed E-state index contributed by atoms with van der Waals surface area (Å²) < 4.78 is 14.6. The van der Waals surface area contributed by atoms with Gasteiger partial charge in [-0.25, -0.2) is 4.39 Å². The normalized spacial score (nSPS) is 15.3. The lowest BCUT2D eigenvalue weighted by Crippen LogP contribution is -2.21. The Bertz CT molecular complexity index is 4860. The summed E-state index contributed by atoms with van der Waals surface area (Å²) in [5, 5.41) is 4.44. The molecule has 7 heterocycles. The molecule has 0 saturated heterocycles. The van der Waals surface area contributed by atoms with Crippen LogP contribution in [0.3, 0.4) is 0 Å². The Hall–Kier alpha value is -9.52. The molecule has 13 rings (SSSR count). The van der Waals surface area contributed by atoms with E-state index in [1.54, 1.807) is 26.0 Å². The van der Waals surface area contributed by atoms with Gasteiger partial charge in [-0.2, -0.15) is 0 Å². The van der Waals surface area contributed by atoms with E-state index in [4.69, 9.17) is 0 Å². The molecular formula is C79H75FN6O4S. The van der Waals surface area contributed by atoms with Gasteiger partial charge in [0.2, 0.25) is 0 Å². The number of H-pyrrole nitrogens is 6. The molecule has 458 valence electrons. The number of rotatable bonds is 19. The number of thioether (sulfide) groups is 1. The first-order valence-corrected chi connectivity index (χ1v) is 32.4. The van der Waals surface area contributed by atoms with E-state index < -0.39 is 11.8 Å². The Labute approximate surface area is 534 Å². The Morgan fingerprint density at radius 2 is 0.824 bits per heavy atom. The van der Waals surface area contributed by atoms with E-state index in [2.05, 4.69) is 158 Å². The van der Waals surface area contributed by atoms with Crippen molar-refractivity contribution in [3.63, 3.8) is 0 Å². The third-order valence-electron chi connectivity index (χ3n) is 19.6. The summed E-state index contributed by atoms with van der Waals surface area (Å²) in [5.41, 5.74) is 20.7. The molecule has 6 atom stereocenters. The molecule has 6 unspecified atom stereocenters. The standard InChI is InChI=1S/C79H75FN6O4S/c1-40-55-24-16-17-29-66(55)91-79(40)74(63-37-36-62(86-63)72(76-42(3)68(50(11)88)46(7)82-76)58-27-18-22-51-20-12-14-25-56(51)58)78-44(5)70(48(9)84-78)65(90)39-38-64(89)69-43(4)77(83-47(69)8)73(59-28-19-23-52-21-13-15-26-57(52)59)61-35-34-60(85-61)71(53-30-32-54(80)33-31-53)75-41(2)67(49(10)87)45(6)81-75/h12-37,40,71-74,79,81-86H,38-39H2,1-11H3. The van der Waals surface area contributed by atoms with Crippen molar-refractivity contribution in [3.05, 3.63) is 299 Å². The number of hydrogen-bond acceptors (Lipinski definition) is 5. The first kappa shape index (κ1) is 60.4. The molecule has 0 fully saturated rings. The Balaban J connectivity index is 0.841. The van der Waals surface area contributed by atoms with E-state index in [1.807, 2.05) is 79.3 Å². The van der Waals surface area contributed by atoms with Crippen molar-refractivity contribution >= 4 is 56.4 Å². The quantitative estimate of drug-likeness (QED) is 0.0443. The highest BCUT2D eigenvalue weighted by Gasteiger charge is 2.41. The largest absolute Gasteiger partial charge is 0.361 e. The van der Waals surface area contributed by atoms with Gasteiger partial charge in [0.05, 0.1) is 23.7 Å². The number of aryl methyl sites for hydroxylation is 4. The Morgan fingerprint density at radius 3 is 1.32 bits per heavy atom. The number of fused-ring (bicyclic) bond motifs is 3. The highest BCUT2D eigenvalue weighted by atomic mass is 32.2. The van der Waals surface area contributed by atoms with Crippen LogP contribution in [-0.2, 0) is 0 Å². The molecule has 0 bridgehead atoms. The van der Waals surface area contributed by atoms with Crippen LogP contribution in [0.2, 0.25) is 0 Å². The van der Waals surface area contributed by atoms with Crippen LogP contribution in [0.25, 0.3) is 21.5 Å². The van der Waals surface area contributed by atoms with Crippen molar-refractivity contribution in [2.45, 2.75) is 129 Å². The van der Waals surface area contributed by atoms with Gasteiger partial charge in [0.25, 0.3) is 0 Å². The van der Waals surface area contributed by atoms with Gasteiger partial charge in [-0.05, 0) is 184 Å². The fourth-order valence-electron chi connectivity index (χ4n) is 15.6. The number of halogens is 1. The van der Waals surface area contributed by atoms with Crippen molar-refractivity contribution < 1.29 is 23.6 Å². The molecule has 0 aliphatic carbocycles. The van der Waals surface area contributed by atoms with Crippen LogP contribution in [0, 0.1) is 61.2 Å². The summed E-state index contributed by atoms with van der Waals surface area (Å²) in [6.07, 6.45) is 0.0188. The molecule has 10 nitrogen and oxygen atoms in total. The predicted molar refractivity (Wildman–Crippen MR) is 364 cm³/mol. The Kier molecular flexibility index (Phi) is 15.9.